The Balaban J connectivity index is 1.49. The Morgan fingerprint density at radius 1 is 1.09 bits per heavy atom. The molecule has 0 bridgehead atoms. The van der Waals surface area contributed by atoms with Crippen LogP contribution < -0.4 is 5.32 Å². The summed E-state index contributed by atoms with van der Waals surface area (Å²) in [5.74, 6) is -2.69. The van der Waals surface area contributed by atoms with Crippen molar-refractivity contribution in [2.24, 2.45) is 5.92 Å². The topological polar surface area (TPSA) is 85.8 Å². The summed E-state index contributed by atoms with van der Waals surface area (Å²) in [6, 6.07) is 8.15. The minimum Gasteiger partial charge on any atom is -0.481 e. The van der Waals surface area contributed by atoms with Gasteiger partial charge in [-0.3, -0.25) is 24.4 Å². The summed E-state index contributed by atoms with van der Waals surface area (Å²) in [7, 11) is 0. The number of aromatic nitrogens is 1. The van der Waals surface area contributed by atoms with Crippen LogP contribution in [0.25, 0.3) is 0 Å². The van der Waals surface area contributed by atoms with Crippen molar-refractivity contribution in [2.75, 3.05) is 38.0 Å². The zero-order valence-corrected chi connectivity index (χ0v) is 17.4. The van der Waals surface area contributed by atoms with Gasteiger partial charge >= 0.3 is 12.1 Å². The molecule has 0 saturated carbocycles. The number of nitrogens with one attached hydrogen (secondary N) is 1. The average molecular weight is 450 g/mol. The van der Waals surface area contributed by atoms with Gasteiger partial charge in [-0.05, 0) is 29.8 Å². The Morgan fingerprint density at radius 3 is 2.44 bits per heavy atom. The van der Waals surface area contributed by atoms with E-state index in [0.717, 1.165) is 37.3 Å². The Hall–Kier alpha value is -2.98. The maximum atomic E-state index is 12.8. The standard InChI is InChI=1S/C22H25F3N4O3/c23-22(24,25)18-4-1-5-19(12-18)27-20(30)11-17(21(31)32)15-29-9-7-28(8-10-29)14-16-3-2-6-26-13-16/h1-6,12-13,17H,7-11,14-15H2,(H,27,30)(H,31,32)/t17-/m1/s1. The molecule has 0 spiro atoms. The fourth-order valence-electron chi connectivity index (χ4n) is 3.63. The molecule has 0 aliphatic carbocycles. The van der Waals surface area contributed by atoms with Crippen molar-refractivity contribution in [1.29, 1.82) is 0 Å². The zero-order valence-electron chi connectivity index (χ0n) is 17.4. The van der Waals surface area contributed by atoms with E-state index in [1.807, 2.05) is 23.2 Å². The third-order valence-corrected chi connectivity index (χ3v) is 5.33. The number of rotatable bonds is 8. The number of pyridine rings is 1. The smallest absolute Gasteiger partial charge is 0.416 e. The lowest BCUT2D eigenvalue weighted by atomic mass is 10.0. The fraction of sp³-hybridized carbons (Fsp3) is 0.409. The molecule has 0 radical (unpaired) electrons. The second-order valence-electron chi connectivity index (χ2n) is 7.80. The number of anilines is 1. The van der Waals surface area contributed by atoms with Crippen molar-refractivity contribution in [3.05, 3.63) is 59.9 Å². The van der Waals surface area contributed by atoms with E-state index in [0.29, 0.717) is 13.1 Å². The van der Waals surface area contributed by atoms with Gasteiger partial charge < -0.3 is 10.4 Å². The number of carbonyl (C=O) groups is 2. The first kappa shape index (κ1) is 23.7. The van der Waals surface area contributed by atoms with Gasteiger partial charge in [-0.25, -0.2) is 0 Å². The van der Waals surface area contributed by atoms with Crippen LogP contribution in [0.15, 0.2) is 48.8 Å². The van der Waals surface area contributed by atoms with Crippen LogP contribution in [-0.2, 0) is 22.3 Å². The summed E-state index contributed by atoms with van der Waals surface area (Å²) in [5.41, 5.74) is 0.211. The normalized spacial score (nSPS) is 16.5. The fourth-order valence-corrected chi connectivity index (χ4v) is 3.63. The molecule has 1 aliphatic rings. The highest BCUT2D eigenvalue weighted by atomic mass is 19.4. The van der Waals surface area contributed by atoms with Crippen LogP contribution in [0.3, 0.4) is 0 Å². The highest BCUT2D eigenvalue weighted by Gasteiger charge is 2.31. The number of benzene rings is 1. The van der Waals surface area contributed by atoms with E-state index in [9.17, 15) is 27.9 Å². The predicted molar refractivity (Wildman–Crippen MR) is 112 cm³/mol. The molecule has 1 aromatic heterocycles. The highest BCUT2D eigenvalue weighted by molar-refractivity contribution is 5.93. The van der Waals surface area contributed by atoms with Crippen LogP contribution in [-0.4, -0.2) is 64.5 Å². The maximum Gasteiger partial charge on any atom is 0.416 e. The van der Waals surface area contributed by atoms with E-state index in [4.69, 9.17) is 0 Å². The van der Waals surface area contributed by atoms with Crippen molar-refractivity contribution in [2.45, 2.75) is 19.1 Å². The summed E-state index contributed by atoms with van der Waals surface area (Å²) >= 11 is 0. The van der Waals surface area contributed by atoms with Gasteiger partial charge in [0, 0.05) is 63.8 Å². The molecule has 0 unspecified atom stereocenters. The number of nitrogens with zero attached hydrogens (tertiary/aromatic N) is 3. The molecule has 32 heavy (non-hydrogen) atoms. The number of carbonyl (C=O) groups excluding carboxylic acids is 1. The molecule has 1 fully saturated rings. The van der Waals surface area contributed by atoms with E-state index in [1.54, 1.807) is 6.20 Å². The van der Waals surface area contributed by atoms with Crippen molar-refractivity contribution >= 4 is 17.6 Å². The third-order valence-electron chi connectivity index (χ3n) is 5.33. The molecule has 1 aromatic carbocycles. The number of carboxylic acid groups (broad SMARTS) is 1. The molecular formula is C22H25F3N4O3. The third kappa shape index (κ3) is 7.03. The van der Waals surface area contributed by atoms with Gasteiger partial charge in [0.15, 0.2) is 0 Å². The summed E-state index contributed by atoms with van der Waals surface area (Å²) in [6.45, 7) is 3.82. The maximum absolute atomic E-state index is 12.8. The minimum atomic E-state index is -4.52. The summed E-state index contributed by atoms with van der Waals surface area (Å²) in [6.07, 6.45) is -1.31. The van der Waals surface area contributed by atoms with E-state index in [-0.39, 0.29) is 18.7 Å². The van der Waals surface area contributed by atoms with Crippen molar-refractivity contribution < 1.29 is 27.9 Å². The van der Waals surface area contributed by atoms with Gasteiger partial charge in [0.2, 0.25) is 5.91 Å². The monoisotopic (exact) mass is 450 g/mol. The first-order chi connectivity index (χ1) is 15.2. The van der Waals surface area contributed by atoms with Gasteiger partial charge in [0.1, 0.15) is 0 Å². The summed E-state index contributed by atoms with van der Waals surface area (Å²) < 4.78 is 38.5. The van der Waals surface area contributed by atoms with Gasteiger partial charge in [-0.2, -0.15) is 13.2 Å². The Kier molecular flexibility index (Phi) is 7.81. The Labute approximate surface area is 183 Å². The molecule has 1 amide bonds. The number of piperazine rings is 1. The highest BCUT2D eigenvalue weighted by Crippen LogP contribution is 2.30. The molecule has 1 saturated heterocycles. The summed E-state index contributed by atoms with van der Waals surface area (Å²) in [5, 5.41) is 11.9. The molecule has 172 valence electrons. The number of carboxylic acids is 1. The molecule has 2 heterocycles. The Bertz CT molecular complexity index is 916. The largest absolute Gasteiger partial charge is 0.481 e. The van der Waals surface area contributed by atoms with Crippen LogP contribution in [0.1, 0.15) is 17.5 Å². The van der Waals surface area contributed by atoms with Crippen LogP contribution in [0, 0.1) is 5.92 Å². The van der Waals surface area contributed by atoms with Crippen molar-refractivity contribution in [1.82, 2.24) is 14.8 Å². The quantitative estimate of drug-likeness (QED) is 0.643. The SMILES string of the molecule is O=C(C[C@H](CN1CCN(Cc2cccnc2)CC1)C(=O)O)Nc1cccc(C(F)(F)F)c1. The molecule has 7 nitrogen and oxygen atoms in total. The van der Waals surface area contributed by atoms with E-state index < -0.39 is 29.5 Å². The molecule has 2 aromatic rings. The number of alkyl halides is 3. The second kappa shape index (κ2) is 10.6. The van der Waals surface area contributed by atoms with Crippen molar-refractivity contribution in [3.8, 4) is 0 Å². The molecule has 1 aliphatic heterocycles. The lowest BCUT2D eigenvalue weighted by Crippen LogP contribution is -2.48. The van der Waals surface area contributed by atoms with Crippen LogP contribution in [0.4, 0.5) is 18.9 Å². The lowest BCUT2D eigenvalue weighted by molar-refractivity contribution is -0.144. The molecule has 2 N–H and O–H groups in total. The van der Waals surface area contributed by atoms with Crippen molar-refractivity contribution in [3.63, 3.8) is 0 Å². The van der Waals surface area contributed by atoms with Crippen LogP contribution in [0.2, 0.25) is 0 Å². The number of hydrogen-bond acceptors (Lipinski definition) is 5. The first-order valence-electron chi connectivity index (χ1n) is 10.2. The molecule has 3 rings (SSSR count). The lowest BCUT2D eigenvalue weighted by Gasteiger charge is -2.35. The zero-order chi connectivity index (χ0) is 23.1. The number of aliphatic carboxylic acids is 1. The van der Waals surface area contributed by atoms with Gasteiger partial charge in [-0.1, -0.05) is 12.1 Å². The van der Waals surface area contributed by atoms with Gasteiger partial charge in [0.05, 0.1) is 11.5 Å². The number of hydrogen-bond donors (Lipinski definition) is 2. The molecule has 10 heteroatoms. The Morgan fingerprint density at radius 2 is 1.81 bits per heavy atom. The average Bonchev–Trinajstić information content (AvgIpc) is 2.75. The number of amides is 1. The predicted octanol–water partition coefficient (Wildman–Crippen LogP) is 2.95. The van der Waals surface area contributed by atoms with Crippen LogP contribution >= 0.6 is 0 Å². The minimum absolute atomic E-state index is 0.0158. The van der Waals surface area contributed by atoms with Gasteiger partial charge in [0.25, 0.3) is 0 Å². The van der Waals surface area contributed by atoms with E-state index in [2.05, 4.69) is 15.2 Å². The molecular weight excluding hydrogens is 425 g/mol. The first-order valence-corrected chi connectivity index (χ1v) is 10.2. The number of halogens is 3. The van der Waals surface area contributed by atoms with Crippen LogP contribution in [0.5, 0.6) is 0 Å². The second-order valence-corrected chi connectivity index (χ2v) is 7.80. The van der Waals surface area contributed by atoms with E-state index in [1.165, 1.54) is 12.1 Å². The van der Waals surface area contributed by atoms with E-state index >= 15 is 0 Å². The summed E-state index contributed by atoms with van der Waals surface area (Å²) in [4.78, 5) is 32.3. The van der Waals surface area contributed by atoms with Gasteiger partial charge in [-0.15, -0.1) is 0 Å². The molecule has 1 atom stereocenters.